The first-order chi connectivity index (χ1) is 9.92. The lowest BCUT2D eigenvalue weighted by Gasteiger charge is -2.19. The monoisotopic (exact) mass is 307 g/mol. The van der Waals surface area contributed by atoms with Crippen LogP contribution in [0.3, 0.4) is 0 Å². The minimum atomic E-state index is 0.241. The van der Waals surface area contributed by atoms with Crippen LogP contribution in [0.2, 0.25) is 0 Å². The molecule has 2 atom stereocenters. The number of imidazole rings is 1. The van der Waals surface area contributed by atoms with E-state index in [0.29, 0.717) is 6.61 Å². The van der Waals surface area contributed by atoms with Gasteiger partial charge in [-0.2, -0.15) is 0 Å². The third-order valence-corrected chi connectivity index (χ3v) is 4.61. The molecule has 0 amide bonds. The number of nitrogens with zero attached hydrogens (tertiary/aromatic N) is 2. The van der Waals surface area contributed by atoms with Crippen LogP contribution in [0.4, 0.5) is 5.95 Å². The van der Waals surface area contributed by atoms with E-state index in [9.17, 15) is 0 Å². The molecule has 2 rings (SSSR count). The van der Waals surface area contributed by atoms with Crippen molar-refractivity contribution in [2.75, 3.05) is 19.0 Å². The zero-order valence-corrected chi connectivity index (χ0v) is 14.5. The van der Waals surface area contributed by atoms with Crippen LogP contribution in [0.5, 0.6) is 0 Å². The molecule has 0 radical (unpaired) electrons. The number of thiophene rings is 1. The summed E-state index contributed by atoms with van der Waals surface area (Å²) < 4.78 is 7.42. The van der Waals surface area contributed by atoms with Gasteiger partial charge in [0.2, 0.25) is 5.95 Å². The normalized spacial score (nSPS) is 14.2. The zero-order chi connectivity index (χ0) is 15.6. The molecule has 21 heavy (non-hydrogen) atoms. The number of hydrogen-bond acceptors (Lipinski definition) is 4. The number of methoxy groups -OCH3 is 1. The fourth-order valence-corrected chi connectivity index (χ4v) is 3.65. The summed E-state index contributed by atoms with van der Waals surface area (Å²) in [5, 5.41) is 3.54. The highest BCUT2D eigenvalue weighted by Crippen LogP contribution is 2.29. The topological polar surface area (TPSA) is 39.1 Å². The van der Waals surface area contributed by atoms with Crippen molar-refractivity contribution in [3.8, 4) is 0 Å². The molecular formula is C16H25N3OS. The lowest BCUT2D eigenvalue weighted by atomic mass is 10.1. The van der Waals surface area contributed by atoms with Gasteiger partial charge in [-0.25, -0.2) is 4.98 Å². The molecule has 0 aliphatic heterocycles. The fourth-order valence-electron chi connectivity index (χ4n) is 2.63. The third-order valence-electron chi connectivity index (χ3n) is 3.63. The minimum Gasteiger partial charge on any atom is -0.383 e. The van der Waals surface area contributed by atoms with Gasteiger partial charge in [0, 0.05) is 23.1 Å². The Morgan fingerprint density at radius 2 is 2.05 bits per heavy atom. The second-order valence-electron chi connectivity index (χ2n) is 5.65. The summed E-state index contributed by atoms with van der Waals surface area (Å²) in [6, 6.07) is 2.76. The highest BCUT2D eigenvalue weighted by atomic mass is 32.1. The Kier molecular flexibility index (Phi) is 5.06. The van der Waals surface area contributed by atoms with Crippen LogP contribution in [0, 0.1) is 20.8 Å². The van der Waals surface area contributed by atoms with Gasteiger partial charge >= 0.3 is 0 Å². The molecule has 2 aromatic rings. The molecule has 0 aliphatic rings. The average Bonchev–Trinajstić information content (AvgIpc) is 2.92. The molecule has 116 valence electrons. The highest BCUT2D eigenvalue weighted by molar-refractivity contribution is 7.12. The van der Waals surface area contributed by atoms with Gasteiger partial charge in [0.15, 0.2) is 0 Å². The van der Waals surface area contributed by atoms with Crippen LogP contribution in [-0.4, -0.2) is 23.3 Å². The van der Waals surface area contributed by atoms with Crippen LogP contribution >= 0.6 is 11.3 Å². The standard InChI is InChI=1S/C16H25N3OS/c1-10-8-19(11(2)9-20-6)16(17-10)18-13(4)15-7-12(3)21-14(15)5/h7-8,11,13H,9H2,1-6H3,(H,17,18). The van der Waals surface area contributed by atoms with E-state index in [1.807, 2.05) is 18.3 Å². The summed E-state index contributed by atoms with van der Waals surface area (Å²) >= 11 is 1.84. The Morgan fingerprint density at radius 3 is 2.62 bits per heavy atom. The Balaban J connectivity index is 2.21. The van der Waals surface area contributed by atoms with E-state index in [-0.39, 0.29) is 12.1 Å². The molecule has 1 N–H and O–H groups in total. The van der Waals surface area contributed by atoms with Gasteiger partial charge < -0.3 is 14.6 Å². The van der Waals surface area contributed by atoms with Crippen molar-refractivity contribution in [1.29, 1.82) is 0 Å². The Morgan fingerprint density at radius 1 is 1.33 bits per heavy atom. The Labute approximate surface area is 131 Å². The molecule has 2 heterocycles. The first-order valence-electron chi connectivity index (χ1n) is 7.30. The van der Waals surface area contributed by atoms with Crippen LogP contribution < -0.4 is 5.32 Å². The van der Waals surface area contributed by atoms with Crippen molar-refractivity contribution in [3.05, 3.63) is 33.3 Å². The van der Waals surface area contributed by atoms with Gasteiger partial charge in [0.05, 0.1) is 24.4 Å². The first-order valence-corrected chi connectivity index (χ1v) is 8.12. The predicted octanol–water partition coefficient (Wildman–Crippen LogP) is 4.25. The summed E-state index contributed by atoms with van der Waals surface area (Å²) in [6.07, 6.45) is 2.07. The number of anilines is 1. The van der Waals surface area contributed by atoms with Crippen LogP contribution in [0.25, 0.3) is 0 Å². The number of hydrogen-bond donors (Lipinski definition) is 1. The maximum Gasteiger partial charge on any atom is 0.203 e. The molecular weight excluding hydrogens is 282 g/mol. The summed E-state index contributed by atoms with van der Waals surface area (Å²) in [6.45, 7) is 11.3. The number of aryl methyl sites for hydroxylation is 3. The van der Waals surface area contributed by atoms with Gasteiger partial charge in [-0.05, 0) is 46.2 Å². The van der Waals surface area contributed by atoms with E-state index in [1.165, 1.54) is 15.3 Å². The molecule has 4 nitrogen and oxygen atoms in total. The van der Waals surface area contributed by atoms with Crippen LogP contribution in [0.1, 0.15) is 46.9 Å². The molecule has 0 fully saturated rings. The molecule has 2 aromatic heterocycles. The van der Waals surface area contributed by atoms with Crippen molar-refractivity contribution >= 4 is 17.3 Å². The Bertz CT molecular complexity index is 603. The molecule has 2 unspecified atom stereocenters. The maximum absolute atomic E-state index is 5.26. The van der Waals surface area contributed by atoms with Crippen LogP contribution in [-0.2, 0) is 4.74 Å². The number of aromatic nitrogens is 2. The molecule has 0 spiro atoms. The van der Waals surface area contributed by atoms with Gasteiger partial charge in [0.1, 0.15) is 0 Å². The second kappa shape index (κ2) is 6.62. The molecule has 0 aromatic carbocycles. The fraction of sp³-hybridized carbons (Fsp3) is 0.562. The van der Waals surface area contributed by atoms with E-state index in [2.05, 4.69) is 54.8 Å². The van der Waals surface area contributed by atoms with E-state index in [4.69, 9.17) is 4.74 Å². The summed E-state index contributed by atoms with van der Waals surface area (Å²) in [7, 11) is 1.73. The van der Waals surface area contributed by atoms with Crippen molar-refractivity contribution < 1.29 is 4.74 Å². The Hall–Kier alpha value is -1.33. The predicted molar refractivity (Wildman–Crippen MR) is 89.4 cm³/mol. The third kappa shape index (κ3) is 3.66. The minimum absolute atomic E-state index is 0.241. The summed E-state index contributed by atoms with van der Waals surface area (Å²) in [4.78, 5) is 7.33. The first kappa shape index (κ1) is 16.0. The van der Waals surface area contributed by atoms with Gasteiger partial charge in [0.25, 0.3) is 0 Å². The summed E-state index contributed by atoms with van der Waals surface area (Å²) in [5.74, 6) is 0.910. The van der Waals surface area contributed by atoms with Crippen molar-refractivity contribution in [3.63, 3.8) is 0 Å². The highest BCUT2D eigenvalue weighted by Gasteiger charge is 2.16. The molecule has 0 saturated carbocycles. The van der Waals surface area contributed by atoms with E-state index in [1.54, 1.807) is 7.11 Å². The lowest BCUT2D eigenvalue weighted by molar-refractivity contribution is 0.163. The molecule has 0 aliphatic carbocycles. The van der Waals surface area contributed by atoms with Gasteiger partial charge in [-0.1, -0.05) is 0 Å². The quantitative estimate of drug-likeness (QED) is 0.867. The summed E-state index contributed by atoms with van der Waals surface area (Å²) in [5.41, 5.74) is 2.37. The zero-order valence-electron chi connectivity index (χ0n) is 13.7. The van der Waals surface area contributed by atoms with Crippen LogP contribution in [0.15, 0.2) is 12.3 Å². The molecule has 5 heteroatoms. The largest absolute Gasteiger partial charge is 0.383 e. The number of rotatable bonds is 6. The van der Waals surface area contributed by atoms with Crippen molar-refractivity contribution in [2.45, 2.75) is 46.7 Å². The van der Waals surface area contributed by atoms with Gasteiger partial charge in [-0.3, -0.25) is 0 Å². The average molecular weight is 307 g/mol. The van der Waals surface area contributed by atoms with E-state index in [0.717, 1.165) is 11.6 Å². The SMILES string of the molecule is COCC(C)n1cc(C)nc1NC(C)c1cc(C)sc1C. The maximum atomic E-state index is 5.26. The molecule has 0 bridgehead atoms. The van der Waals surface area contributed by atoms with E-state index >= 15 is 0 Å². The van der Waals surface area contributed by atoms with E-state index < -0.39 is 0 Å². The number of nitrogens with one attached hydrogen (secondary N) is 1. The second-order valence-corrected chi connectivity index (χ2v) is 7.11. The van der Waals surface area contributed by atoms with Gasteiger partial charge in [-0.15, -0.1) is 11.3 Å². The van der Waals surface area contributed by atoms with Crippen molar-refractivity contribution in [2.24, 2.45) is 0 Å². The van der Waals surface area contributed by atoms with Crippen molar-refractivity contribution in [1.82, 2.24) is 9.55 Å². The molecule has 0 saturated heterocycles. The number of ether oxygens (including phenoxy) is 1. The smallest absolute Gasteiger partial charge is 0.203 e. The lowest BCUT2D eigenvalue weighted by Crippen LogP contribution is -2.16.